The van der Waals surface area contributed by atoms with Gasteiger partial charge in [0.25, 0.3) is 0 Å². The fraction of sp³-hybridized carbons (Fsp3) is 0.571. The summed E-state index contributed by atoms with van der Waals surface area (Å²) in [5, 5.41) is 22.4. The molecule has 1 saturated carbocycles. The predicted octanol–water partition coefficient (Wildman–Crippen LogP) is 0.486. The third-order valence-electron chi connectivity index (χ3n) is 3.82. The number of rotatable bonds is 7. The Morgan fingerprint density at radius 1 is 1.30 bits per heavy atom. The maximum atomic E-state index is 11.3. The molecule has 0 aliphatic heterocycles. The van der Waals surface area contributed by atoms with E-state index in [9.17, 15) is 18.6 Å². The van der Waals surface area contributed by atoms with E-state index >= 15 is 0 Å². The fourth-order valence-electron chi connectivity index (χ4n) is 2.10. The van der Waals surface area contributed by atoms with Gasteiger partial charge in [0.2, 0.25) is 0 Å². The van der Waals surface area contributed by atoms with Crippen LogP contribution in [0.5, 0.6) is 0 Å². The minimum atomic E-state index is -3.20. The van der Waals surface area contributed by atoms with Crippen LogP contribution in [0.2, 0.25) is 0 Å². The van der Waals surface area contributed by atoms with Gasteiger partial charge in [0.1, 0.15) is 0 Å². The van der Waals surface area contributed by atoms with Crippen LogP contribution in [0.1, 0.15) is 24.5 Å². The van der Waals surface area contributed by atoms with Crippen molar-refractivity contribution in [1.82, 2.24) is 5.32 Å². The van der Waals surface area contributed by atoms with E-state index in [-0.39, 0.29) is 16.9 Å². The summed E-state index contributed by atoms with van der Waals surface area (Å²) in [5.74, 6) is 0. The molecule has 0 saturated heterocycles. The molecule has 2 rings (SSSR count). The molecule has 1 unspecified atom stereocenters. The van der Waals surface area contributed by atoms with E-state index in [0.717, 1.165) is 19.1 Å². The van der Waals surface area contributed by atoms with Crippen LogP contribution in [-0.4, -0.2) is 44.6 Å². The highest BCUT2D eigenvalue weighted by Crippen LogP contribution is 2.44. The number of aliphatic hydroxyl groups is 2. The number of benzene rings is 1. The molecule has 6 heteroatoms. The van der Waals surface area contributed by atoms with Gasteiger partial charge >= 0.3 is 0 Å². The van der Waals surface area contributed by atoms with Crippen molar-refractivity contribution in [2.24, 2.45) is 5.41 Å². The Bertz CT molecular complexity index is 549. The average molecular weight is 299 g/mol. The second kappa shape index (κ2) is 5.81. The largest absolute Gasteiger partial charge is 0.396 e. The highest BCUT2D eigenvalue weighted by atomic mass is 32.2. The van der Waals surface area contributed by atoms with Gasteiger partial charge in [-0.15, -0.1) is 0 Å². The van der Waals surface area contributed by atoms with Crippen molar-refractivity contribution in [3.63, 3.8) is 0 Å². The van der Waals surface area contributed by atoms with Gasteiger partial charge in [-0.25, -0.2) is 8.42 Å². The summed E-state index contributed by atoms with van der Waals surface area (Å²) in [7, 11) is -3.20. The molecular formula is C14H21NO4S. The standard InChI is InChI=1S/C14H21NO4S/c1-20(18,19)12-4-2-11(3-5-12)13(17)8-15-9-14(10-16)6-7-14/h2-5,13,15-17H,6-10H2,1H3. The maximum absolute atomic E-state index is 11.3. The van der Waals surface area contributed by atoms with Crippen molar-refractivity contribution >= 4 is 9.84 Å². The summed E-state index contributed by atoms with van der Waals surface area (Å²) >= 11 is 0. The fourth-order valence-corrected chi connectivity index (χ4v) is 2.73. The van der Waals surface area contributed by atoms with Crippen molar-refractivity contribution in [3.05, 3.63) is 29.8 Å². The number of nitrogens with one attached hydrogen (secondary N) is 1. The summed E-state index contributed by atoms with van der Waals surface area (Å²) < 4.78 is 22.7. The van der Waals surface area contributed by atoms with Crippen LogP contribution >= 0.6 is 0 Å². The molecule has 112 valence electrons. The second-order valence-electron chi connectivity index (χ2n) is 5.65. The molecule has 1 aliphatic carbocycles. The molecule has 1 aliphatic rings. The van der Waals surface area contributed by atoms with Crippen LogP contribution in [0.4, 0.5) is 0 Å². The third-order valence-corrected chi connectivity index (χ3v) is 4.95. The van der Waals surface area contributed by atoms with Gasteiger partial charge in [-0.3, -0.25) is 0 Å². The molecular weight excluding hydrogens is 278 g/mol. The minimum Gasteiger partial charge on any atom is -0.396 e. The van der Waals surface area contributed by atoms with Gasteiger partial charge in [-0.05, 0) is 30.5 Å². The van der Waals surface area contributed by atoms with Gasteiger partial charge in [0.05, 0.1) is 11.0 Å². The summed E-state index contributed by atoms with van der Waals surface area (Å²) in [4.78, 5) is 0.249. The van der Waals surface area contributed by atoms with E-state index in [4.69, 9.17) is 0 Å². The van der Waals surface area contributed by atoms with E-state index in [1.54, 1.807) is 12.1 Å². The first-order valence-corrected chi connectivity index (χ1v) is 8.55. The molecule has 1 fully saturated rings. The molecule has 1 aromatic carbocycles. The van der Waals surface area contributed by atoms with Gasteiger partial charge in [0.15, 0.2) is 9.84 Å². The lowest BCUT2D eigenvalue weighted by molar-refractivity contribution is 0.162. The summed E-state index contributed by atoms with van der Waals surface area (Å²) in [5.41, 5.74) is 0.693. The van der Waals surface area contributed by atoms with Gasteiger partial charge in [-0.2, -0.15) is 0 Å². The molecule has 0 amide bonds. The Kier molecular flexibility index (Phi) is 4.49. The second-order valence-corrected chi connectivity index (χ2v) is 7.66. The smallest absolute Gasteiger partial charge is 0.175 e. The Hall–Kier alpha value is -0.950. The SMILES string of the molecule is CS(=O)(=O)c1ccc(C(O)CNCC2(CO)CC2)cc1. The number of aliphatic hydroxyl groups excluding tert-OH is 2. The summed E-state index contributed by atoms with van der Waals surface area (Å²) in [6.45, 7) is 1.26. The number of hydrogen-bond acceptors (Lipinski definition) is 5. The first-order chi connectivity index (χ1) is 9.36. The third kappa shape index (κ3) is 3.79. The minimum absolute atomic E-state index is 0.0138. The zero-order chi connectivity index (χ0) is 14.8. The quantitative estimate of drug-likeness (QED) is 0.682. The van der Waals surface area contributed by atoms with Gasteiger partial charge in [0, 0.05) is 31.4 Å². The number of hydrogen-bond donors (Lipinski definition) is 3. The lowest BCUT2D eigenvalue weighted by Gasteiger charge is -2.16. The molecule has 1 aromatic rings. The molecule has 20 heavy (non-hydrogen) atoms. The molecule has 0 heterocycles. The van der Waals surface area contributed by atoms with E-state index in [1.165, 1.54) is 12.1 Å². The average Bonchev–Trinajstić information content (AvgIpc) is 3.18. The van der Waals surface area contributed by atoms with E-state index < -0.39 is 15.9 Å². The molecule has 1 atom stereocenters. The van der Waals surface area contributed by atoms with E-state index in [1.807, 2.05) is 0 Å². The van der Waals surface area contributed by atoms with Crippen LogP contribution in [0.25, 0.3) is 0 Å². The Morgan fingerprint density at radius 3 is 2.35 bits per heavy atom. The van der Waals surface area contributed by atoms with Crippen molar-refractivity contribution in [2.75, 3.05) is 26.0 Å². The van der Waals surface area contributed by atoms with Crippen LogP contribution < -0.4 is 5.32 Å². The van der Waals surface area contributed by atoms with Crippen LogP contribution in [0, 0.1) is 5.41 Å². The lowest BCUT2D eigenvalue weighted by Crippen LogP contribution is -2.30. The van der Waals surface area contributed by atoms with Crippen molar-refractivity contribution in [3.8, 4) is 0 Å². The van der Waals surface area contributed by atoms with Crippen molar-refractivity contribution in [2.45, 2.75) is 23.8 Å². The van der Waals surface area contributed by atoms with Crippen LogP contribution in [0.3, 0.4) is 0 Å². The van der Waals surface area contributed by atoms with Crippen molar-refractivity contribution in [1.29, 1.82) is 0 Å². The summed E-state index contributed by atoms with van der Waals surface area (Å²) in [6.07, 6.45) is 2.52. The van der Waals surface area contributed by atoms with Crippen LogP contribution in [-0.2, 0) is 9.84 Å². The highest BCUT2D eigenvalue weighted by molar-refractivity contribution is 7.90. The first kappa shape index (κ1) is 15.4. The zero-order valence-electron chi connectivity index (χ0n) is 11.5. The molecule has 0 radical (unpaired) electrons. The van der Waals surface area contributed by atoms with Crippen LogP contribution in [0.15, 0.2) is 29.2 Å². The lowest BCUT2D eigenvalue weighted by atomic mass is 10.1. The van der Waals surface area contributed by atoms with Gasteiger partial charge in [-0.1, -0.05) is 12.1 Å². The Morgan fingerprint density at radius 2 is 1.90 bits per heavy atom. The van der Waals surface area contributed by atoms with E-state index in [2.05, 4.69) is 5.32 Å². The first-order valence-electron chi connectivity index (χ1n) is 6.66. The van der Waals surface area contributed by atoms with Crippen molar-refractivity contribution < 1.29 is 18.6 Å². The predicted molar refractivity (Wildman–Crippen MR) is 76.1 cm³/mol. The molecule has 0 bridgehead atoms. The zero-order valence-corrected chi connectivity index (χ0v) is 12.4. The monoisotopic (exact) mass is 299 g/mol. The molecule has 0 aromatic heterocycles. The normalized spacial score (nSPS) is 18.8. The maximum Gasteiger partial charge on any atom is 0.175 e. The molecule has 3 N–H and O–H groups in total. The summed E-state index contributed by atoms with van der Waals surface area (Å²) in [6, 6.07) is 6.26. The van der Waals surface area contributed by atoms with E-state index in [0.29, 0.717) is 18.7 Å². The molecule has 5 nitrogen and oxygen atoms in total. The topological polar surface area (TPSA) is 86.6 Å². The van der Waals surface area contributed by atoms with Gasteiger partial charge < -0.3 is 15.5 Å². The highest BCUT2D eigenvalue weighted by Gasteiger charge is 2.41. The Balaban J connectivity index is 1.87. The Labute approximate surface area is 119 Å². The number of sulfone groups is 1. The molecule has 0 spiro atoms.